The third kappa shape index (κ3) is 26.2. The first-order valence-corrected chi connectivity index (χ1v) is 23.9. The van der Waals surface area contributed by atoms with Crippen molar-refractivity contribution in [3.8, 4) is 0 Å². The average Bonchev–Trinajstić information content (AvgIpc) is 3.16. The minimum absolute atomic E-state index is 0.264. The molecule has 1 heterocycles. The number of rotatable bonds is 38. The van der Waals surface area contributed by atoms with Crippen LogP contribution in [0.1, 0.15) is 200 Å². The predicted octanol–water partition coefficient (Wildman–Crippen LogP) is 7.19. The quantitative estimate of drug-likeness (QED) is 0.0244. The minimum atomic E-state index is -5.09. The third-order valence-corrected chi connectivity index (χ3v) is 11.5. The highest BCUT2D eigenvalue weighted by Crippen LogP contribution is 2.26. The van der Waals surface area contributed by atoms with Gasteiger partial charge in [0.05, 0.1) is 25.4 Å². The molecule has 1 aliphatic heterocycles. The number of hydrogen-bond acceptors (Lipinski definition) is 11. The highest BCUT2D eigenvalue weighted by molar-refractivity contribution is 7.80. The molecule has 0 aromatic heterocycles. The zero-order valence-electron chi connectivity index (χ0n) is 35.1. The Morgan fingerprint density at radius 1 is 0.643 bits per heavy atom. The molecule has 0 radical (unpaired) electrons. The number of hydrogen-bond donors (Lipinski definition) is 7. The van der Waals surface area contributed by atoms with Gasteiger partial charge in [-0.15, -0.1) is 0 Å². The van der Waals surface area contributed by atoms with Crippen molar-refractivity contribution in [3.05, 3.63) is 0 Å². The summed E-state index contributed by atoms with van der Waals surface area (Å²) in [6.07, 6.45) is 23.0. The Morgan fingerprint density at radius 3 is 1.45 bits per heavy atom. The van der Waals surface area contributed by atoms with Crippen molar-refractivity contribution in [1.82, 2.24) is 5.32 Å². The number of aliphatic hydroxyl groups excluding tert-OH is 5. The molecule has 1 amide bonds. The second kappa shape index (κ2) is 33.8. The van der Waals surface area contributed by atoms with Crippen LogP contribution in [0.15, 0.2) is 0 Å². The summed E-state index contributed by atoms with van der Waals surface area (Å²) in [5, 5.41) is 54.5. The molecule has 1 rings (SSSR count). The van der Waals surface area contributed by atoms with Crippen LogP contribution in [0.5, 0.6) is 0 Å². The molecule has 56 heavy (non-hydrogen) atoms. The lowest BCUT2D eigenvalue weighted by molar-refractivity contribution is -0.298. The molecular formula is C42H83NO12S. The maximum absolute atomic E-state index is 12.9. The van der Waals surface area contributed by atoms with E-state index in [0.29, 0.717) is 19.3 Å². The number of ether oxygens (including phenoxy) is 2. The van der Waals surface area contributed by atoms with Crippen molar-refractivity contribution in [1.29, 1.82) is 0 Å². The molecule has 1 aliphatic rings. The van der Waals surface area contributed by atoms with Gasteiger partial charge in [-0.2, -0.15) is 8.42 Å². The molecule has 0 bridgehead atoms. The second-order valence-corrected chi connectivity index (χ2v) is 17.2. The van der Waals surface area contributed by atoms with Crippen LogP contribution >= 0.6 is 0 Å². The molecule has 8 atom stereocenters. The van der Waals surface area contributed by atoms with E-state index in [4.69, 9.17) is 14.0 Å². The molecule has 334 valence electrons. The number of amides is 1. The van der Waals surface area contributed by atoms with Gasteiger partial charge < -0.3 is 40.3 Å². The number of nitrogens with one attached hydrogen (secondary N) is 1. The molecule has 8 unspecified atom stereocenters. The Morgan fingerprint density at radius 2 is 1.04 bits per heavy atom. The zero-order chi connectivity index (χ0) is 41.4. The van der Waals surface area contributed by atoms with Gasteiger partial charge in [0.25, 0.3) is 0 Å². The Bertz CT molecular complexity index is 1040. The number of carbonyl (C=O) groups is 1. The summed E-state index contributed by atoms with van der Waals surface area (Å²) in [6.45, 7) is 3.08. The van der Waals surface area contributed by atoms with Crippen LogP contribution in [-0.4, -0.2) is 107 Å². The average molecular weight is 826 g/mol. The van der Waals surface area contributed by atoms with Gasteiger partial charge in [-0.25, -0.2) is 4.18 Å². The van der Waals surface area contributed by atoms with Crippen molar-refractivity contribution in [2.75, 3.05) is 13.2 Å². The molecule has 0 aromatic rings. The number of aliphatic hydroxyl groups is 5. The van der Waals surface area contributed by atoms with E-state index in [2.05, 4.69) is 16.4 Å². The van der Waals surface area contributed by atoms with Crippen LogP contribution in [0.25, 0.3) is 0 Å². The van der Waals surface area contributed by atoms with Gasteiger partial charge >= 0.3 is 10.4 Å². The summed E-state index contributed by atoms with van der Waals surface area (Å²) >= 11 is 0. The lowest BCUT2D eigenvalue weighted by atomic mass is 9.99. The summed E-state index contributed by atoms with van der Waals surface area (Å²) in [4.78, 5) is 12.9. The predicted molar refractivity (Wildman–Crippen MR) is 219 cm³/mol. The Balaban J connectivity index is 2.23. The van der Waals surface area contributed by atoms with Gasteiger partial charge in [-0.3, -0.25) is 9.35 Å². The molecule has 0 saturated carbocycles. The standard InChI is InChI=1S/C42H83NO12S/c1-3-5-7-8-9-10-11-12-13-14-15-16-17-18-19-20-21-22-23-24-25-26-27-29-31-36(46)41(49)43-34(35(45)30-28-6-4-2)33-53-42-39(48)40(55-56(50,51)52)38(47)37(32-44)54-42/h34-40,42,44-48H,3-33H2,1-2H3,(H,43,49)(H,50,51,52). The lowest BCUT2D eigenvalue weighted by Gasteiger charge is -2.41. The van der Waals surface area contributed by atoms with Crippen LogP contribution in [-0.2, 0) is 28.9 Å². The van der Waals surface area contributed by atoms with Gasteiger partial charge in [0.15, 0.2) is 6.29 Å². The summed E-state index contributed by atoms with van der Waals surface area (Å²) in [6, 6.07) is -1.02. The highest BCUT2D eigenvalue weighted by Gasteiger charge is 2.48. The Labute approximate surface area is 340 Å². The maximum Gasteiger partial charge on any atom is 0.397 e. The van der Waals surface area contributed by atoms with E-state index in [1.165, 1.54) is 128 Å². The number of carbonyl (C=O) groups excluding carboxylic acids is 1. The normalized spacial score (nSPS) is 21.9. The van der Waals surface area contributed by atoms with E-state index in [1.54, 1.807) is 0 Å². The fraction of sp³-hybridized carbons (Fsp3) is 0.976. The fourth-order valence-corrected chi connectivity index (χ4v) is 7.92. The minimum Gasteiger partial charge on any atom is -0.394 e. The van der Waals surface area contributed by atoms with Crippen LogP contribution in [0, 0.1) is 0 Å². The summed E-state index contributed by atoms with van der Waals surface area (Å²) in [7, 11) is -5.09. The Kier molecular flexibility index (Phi) is 32.1. The summed E-state index contributed by atoms with van der Waals surface area (Å²) < 4.78 is 47.0. The van der Waals surface area contributed by atoms with Gasteiger partial charge in [-0.05, 0) is 12.8 Å². The largest absolute Gasteiger partial charge is 0.397 e. The molecule has 14 heteroatoms. The molecule has 7 N–H and O–H groups in total. The van der Waals surface area contributed by atoms with Gasteiger partial charge in [0.2, 0.25) is 5.91 Å². The lowest BCUT2D eigenvalue weighted by Crippen LogP contribution is -2.61. The van der Waals surface area contributed by atoms with E-state index >= 15 is 0 Å². The van der Waals surface area contributed by atoms with E-state index < -0.39 is 78.5 Å². The molecule has 13 nitrogen and oxygen atoms in total. The van der Waals surface area contributed by atoms with Crippen molar-refractivity contribution in [3.63, 3.8) is 0 Å². The van der Waals surface area contributed by atoms with E-state index in [9.17, 15) is 38.7 Å². The zero-order valence-corrected chi connectivity index (χ0v) is 35.9. The highest BCUT2D eigenvalue weighted by atomic mass is 32.3. The van der Waals surface area contributed by atoms with E-state index in [1.807, 2.05) is 6.92 Å². The summed E-state index contributed by atoms with van der Waals surface area (Å²) in [5.74, 6) is -0.677. The van der Waals surface area contributed by atoms with E-state index in [-0.39, 0.29) is 6.42 Å². The molecule has 1 saturated heterocycles. The smallest absolute Gasteiger partial charge is 0.394 e. The van der Waals surface area contributed by atoms with Crippen molar-refractivity contribution in [2.24, 2.45) is 0 Å². The molecule has 0 aliphatic carbocycles. The van der Waals surface area contributed by atoms with Crippen LogP contribution in [0.3, 0.4) is 0 Å². The first-order valence-electron chi connectivity index (χ1n) is 22.5. The van der Waals surface area contributed by atoms with Crippen LogP contribution in [0.4, 0.5) is 0 Å². The van der Waals surface area contributed by atoms with Crippen LogP contribution in [0.2, 0.25) is 0 Å². The first kappa shape index (κ1) is 53.1. The van der Waals surface area contributed by atoms with Gasteiger partial charge in [0, 0.05) is 0 Å². The SMILES string of the molecule is CCCCCCCCCCCCCCCCCCCCCCCCCCC(O)C(=O)NC(COC1OC(CO)C(O)C(OS(=O)(=O)O)C1O)C(O)CCCCC. The maximum atomic E-state index is 12.9. The molecular weight excluding hydrogens is 743 g/mol. The molecule has 0 aromatic carbocycles. The van der Waals surface area contributed by atoms with Gasteiger partial charge in [0.1, 0.15) is 30.5 Å². The first-order chi connectivity index (χ1) is 26.9. The van der Waals surface area contributed by atoms with Crippen molar-refractivity contribution in [2.45, 2.75) is 249 Å². The molecule has 1 fully saturated rings. The van der Waals surface area contributed by atoms with E-state index in [0.717, 1.165) is 32.1 Å². The van der Waals surface area contributed by atoms with Crippen molar-refractivity contribution >= 4 is 16.3 Å². The fourth-order valence-electron chi connectivity index (χ4n) is 7.41. The Hall–Kier alpha value is -0.940. The summed E-state index contributed by atoms with van der Waals surface area (Å²) in [5.41, 5.74) is 0. The molecule has 0 spiro atoms. The van der Waals surface area contributed by atoms with Crippen molar-refractivity contribution < 1.29 is 57.0 Å². The van der Waals surface area contributed by atoms with Gasteiger partial charge in [-0.1, -0.05) is 187 Å². The number of unbranched alkanes of at least 4 members (excludes halogenated alkanes) is 25. The monoisotopic (exact) mass is 826 g/mol. The third-order valence-electron chi connectivity index (χ3n) is 11.0. The second-order valence-electron chi connectivity index (χ2n) is 16.1. The topological polar surface area (TPSA) is 212 Å². The van der Waals surface area contributed by atoms with Crippen LogP contribution < -0.4 is 5.32 Å².